The van der Waals surface area contributed by atoms with Crippen LogP contribution in [0.3, 0.4) is 0 Å². The molecule has 1 N–H and O–H groups in total. The number of carbonyl (C=O) groups is 1. The first kappa shape index (κ1) is 15.8. The first-order valence-electron chi connectivity index (χ1n) is 7.92. The second-order valence-electron chi connectivity index (χ2n) is 6.17. The average molecular weight is 325 g/mol. The van der Waals surface area contributed by atoms with Crippen LogP contribution in [0.1, 0.15) is 48.7 Å². The quantitative estimate of drug-likeness (QED) is 0.904. The molecule has 0 bridgehead atoms. The maximum absolute atomic E-state index is 12.6. The highest BCUT2D eigenvalue weighted by molar-refractivity contribution is 7.12. The average Bonchev–Trinajstić information content (AvgIpc) is 3.17. The Morgan fingerprint density at radius 3 is 2.82 bits per heavy atom. The second-order valence-corrected chi connectivity index (χ2v) is 7.09. The molecular weight excluding hydrogens is 302 g/mol. The fourth-order valence-electron chi connectivity index (χ4n) is 3.03. The SMILES string of the molecule is CC1(NC(=O)c2sccc2OCC2OCCO2)CCCCC1. The van der Waals surface area contributed by atoms with Crippen LogP contribution >= 0.6 is 11.3 Å². The van der Waals surface area contributed by atoms with E-state index in [4.69, 9.17) is 14.2 Å². The zero-order chi connectivity index (χ0) is 15.4. The van der Waals surface area contributed by atoms with Crippen molar-refractivity contribution in [3.05, 3.63) is 16.3 Å². The van der Waals surface area contributed by atoms with Gasteiger partial charge < -0.3 is 19.5 Å². The molecule has 3 rings (SSSR count). The van der Waals surface area contributed by atoms with Gasteiger partial charge in [0.05, 0.1) is 13.2 Å². The van der Waals surface area contributed by atoms with E-state index in [1.807, 2.05) is 11.4 Å². The zero-order valence-electron chi connectivity index (χ0n) is 12.9. The molecule has 1 aromatic rings. The van der Waals surface area contributed by atoms with Gasteiger partial charge in [0.25, 0.3) is 5.91 Å². The van der Waals surface area contributed by atoms with Crippen LogP contribution in [-0.4, -0.2) is 37.6 Å². The fraction of sp³-hybridized carbons (Fsp3) is 0.688. The summed E-state index contributed by atoms with van der Waals surface area (Å²) in [7, 11) is 0. The number of hydrogen-bond donors (Lipinski definition) is 1. The molecular formula is C16H23NO4S. The summed E-state index contributed by atoms with van der Waals surface area (Å²) in [5, 5.41) is 5.07. The van der Waals surface area contributed by atoms with E-state index in [0.29, 0.717) is 30.4 Å². The number of thiophene rings is 1. The van der Waals surface area contributed by atoms with Crippen molar-refractivity contribution < 1.29 is 19.0 Å². The van der Waals surface area contributed by atoms with Gasteiger partial charge in [-0.05, 0) is 31.2 Å². The van der Waals surface area contributed by atoms with E-state index in [9.17, 15) is 4.79 Å². The van der Waals surface area contributed by atoms with Gasteiger partial charge in [0, 0.05) is 5.54 Å². The monoisotopic (exact) mass is 325 g/mol. The van der Waals surface area contributed by atoms with Crippen molar-refractivity contribution in [3.63, 3.8) is 0 Å². The smallest absolute Gasteiger partial charge is 0.265 e. The Balaban J connectivity index is 1.59. The molecule has 1 saturated heterocycles. The van der Waals surface area contributed by atoms with Crippen molar-refractivity contribution in [2.45, 2.75) is 50.9 Å². The summed E-state index contributed by atoms with van der Waals surface area (Å²) in [4.78, 5) is 13.2. The Bertz CT molecular complexity index is 504. The molecule has 1 amide bonds. The van der Waals surface area contributed by atoms with Gasteiger partial charge in [0.15, 0.2) is 6.29 Å². The Morgan fingerprint density at radius 2 is 2.09 bits per heavy atom. The molecule has 0 spiro atoms. The van der Waals surface area contributed by atoms with Gasteiger partial charge in [-0.2, -0.15) is 0 Å². The minimum Gasteiger partial charge on any atom is -0.487 e. The Hall–Kier alpha value is -1.11. The standard InChI is InChI=1S/C16H23NO4S/c1-16(6-3-2-4-7-16)17-15(18)14-12(5-10-22-14)21-11-13-19-8-9-20-13/h5,10,13H,2-4,6-9,11H2,1H3,(H,17,18). The lowest BCUT2D eigenvalue weighted by molar-refractivity contribution is -0.0684. The Morgan fingerprint density at radius 1 is 1.36 bits per heavy atom. The third-order valence-corrected chi connectivity index (χ3v) is 5.17. The summed E-state index contributed by atoms with van der Waals surface area (Å²) in [5.74, 6) is 0.573. The predicted molar refractivity (Wildman–Crippen MR) is 84.5 cm³/mol. The van der Waals surface area contributed by atoms with E-state index in [2.05, 4.69) is 12.2 Å². The van der Waals surface area contributed by atoms with Crippen LogP contribution in [0.2, 0.25) is 0 Å². The zero-order valence-corrected chi connectivity index (χ0v) is 13.7. The molecule has 1 saturated carbocycles. The summed E-state index contributed by atoms with van der Waals surface area (Å²) in [6.45, 7) is 3.65. The van der Waals surface area contributed by atoms with Crippen molar-refractivity contribution >= 4 is 17.2 Å². The van der Waals surface area contributed by atoms with Crippen LogP contribution in [0.4, 0.5) is 0 Å². The van der Waals surface area contributed by atoms with Crippen LogP contribution in [0.5, 0.6) is 5.75 Å². The van der Waals surface area contributed by atoms with E-state index >= 15 is 0 Å². The third kappa shape index (κ3) is 3.80. The number of hydrogen-bond acceptors (Lipinski definition) is 5. The lowest BCUT2D eigenvalue weighted by Crippen LogP contribution is -2.47. The number of ether oxygens (including phenoxy) is 3. The summed E-state index contributed by atoms with van der Waals surface area (Å²) in [5.41, 5.74) is -0.0890. The predicted octanol–water partition coefficient (Wildman–Crippen LogP) is 2.95. The van der Waals surface area contributed by atoms with E-state index in [1.165, 1.54) is 30.6 Å². The molecule has 122 valence electrons. The number of rotatable bonds is 5. The van der Waals surface area contributed by atoms with Crippen molar-refractivity contribution in [1.82, 2.24) is 5.32 Å². The molecule has 22 heavy (non-hydrogen) atoms. The molecule has 0 aromatic carbocycles. The third-order valence-electron chi connectivity index (χ3n) is 4.27. The first-order chi connectivity index (χ1) is 10.7. The molecule has 0 unspecified atom stereocenters. The molecule has 2 fully saturated rings. The molecule has 6 heteroatoms. The molecule has 0 atom stereocenters. The molecule has 0 radical (unpaired) electrons. The molecule has 1 aliphatic heterocycles. The van der Waals surface area contributed by atoms with Crippen LogP contribution in [0.25, 0.3) is 0 Å². The lowest BCUT2D eigenvalue weighted by atomic mass is 9.83. The van der Waals surface area contributed by atoms with Gasteiger partial charge in [-0.25, -0.2) is 0 Å². The van der Waals surface area contributed by atoms with E-state index in [0.717, 1.165) is 12.8 Å². The molecule has 2 heterocycles. The van der Waals surface area contributed by atoms with Gasteiger partial charge in [0.2, 0.25) is 0 Å². The minimum atomic E-state index is -0.327. The van der Waals surface area contributed by atoms with Crippen molar-refractivity contribution in [3.8, 4) is 5.75 Å². The largest absolute Gasteiger partial charge is 0.487 e. The highest BCUT2D eigenvalue weighted by Crippen LogP contribution is 2.30. The topological polar surface area (TPSA) is 56.8 Å². The van der Waals surface area contributed by atoms with Gasteiger partial charge in [0.1, 0.15) is 17.2 Å². The van der Waals surface area contributed by atoms with Crippen molar-refractivity contribution in [2.24, 2.45) is 0 Å². The normalized spacial score (nSPS) is 21.7. The number of amides is 1. The first-order valence-corrected chi connectivity index (χ1v) is 8.80. The van der Waals surface area contributed by atoms with Gasteiger partial charge >= 0.3 is 0 Å². The lowest BCUT2D eigenvalue weighted by Gasteiger charge is -2.34. The Kier molecular flexibility index (Phi) is 5.00. The molecule has 5 nitrogen and oxygen atoms in total. The maximum Gasteiger partial charge on any atom is 0.265 e. The fourth-order valence-corrected chi connectivity index (χ4v) is 3.75. The van der Waals surface area contributed by atoms with Crippen LogP contribution in [0.15, 0.2) is 11.4 Å². The van der Waals surface area contributed by atoms with Gasteiger partial charge in [-0.3, -0.25) is 4.79 Å². The highest BCUT2D eigenvalue weighted by Gasteiger charge is 2.30. The molecule has 2 aliphatic rings. The minimum absolute atomic E-state index is 0.0392. The van der Waals surface area contributed by atoms with E-state index in [-0.39, 0.29) is 17.7 Å². The maximum atomic E-state index is 12.6. The van der Waals surface area contributed by atoms with Crippen LogP contribution in [-0.2, 0) is 9.47 Å². The summed E-state index contributed by atoms with van der Waals surface area (Å²) < 4.78 is 16.4. The Labute approximate surface area is 134 Å². The molecule has 1 aliphatic carbocycles. The van der Waals surface area contributed by atoms with E-state index < -0.39 is 0 Å². The van der Waals surface area contributed by atoms with Gasteiger partial charge in [-0.1, -0.05) is 19.3 Å². The van der Waals surface area contributed by atoms with Gasteiger partial charge in [-0.15, -0.1) is 11.3 Å². The molecule has 1 aromatic heterocycles. The second kappa shape index (κ2) is 6.98. The summed E-state index contributed by atoms with van der Waals surface area (Å²) in [6.07, 6.45) is 5.39. The highest BCUT2D eigenvalue weighted by atomic mass is 32.1. The van der Waals surface area contributed by atoms with Crippen LogP contribution in [0, 0.1) is 0 Å². The summed E-state index contributed by atoms with van der Waals surface area (Å²) >= 11 is 1.41. The van der Waals surface area contributed by atoms with Crippen LogP contribution < -0.4 is 10.1 Å². The van der Waals surface area contributed by atoms with Crippen molar-refractivity contribution in [2.75, 3.05) is 19.8 Å². The van der Waals surface area contributed by atoms with E-state index in [1.54, 1.807) is 0 Å². The number of carbonyl (C=O) groups excluding carboxylic acids is 1. The van der Waals surface area contributed by atoms with Crippen molar-refractivity contribution in [1.29, 1.82) is 0 Å². The number of nitrogens with one attached hydrogen (secondary N) is 1. The summed E-state index contributed by atoms with van der Waals surface area (Å²) in [6, 6.07) is 1.83.